The number of rotatable bonds is 3. The molecule has 1 saturated carbocycles. The third-order valence-corrected chi connectivity index (χ3v) is 8.39. The monoisotopic (exact) mass is 393 g/mol. The standard InChI is InChI=1S/C18H23N3O3S2/c1-11-6-7-12(17(22)19-13-4-2-3-5-13)8-14(11)20-18-21-15-9-26(23,24)10-16(15)25-18/h6-8,13,15-16H,2-5,9-10H2,1H3,(H,19,22)(H,20,21)/t15-,16+/m0/s1. The Morgan fingerprint density at radius 3 is 2.73 bits per heavy atom. The van der Waals surface area contributed by atoms with Crippen LogP contribution in [-0.2, 0) is 9.84 Å². The second-order valence-corrected chi connectivity index (χ2v) is 10.7. The van der Waals surface area contributed by atoms with E-state index in [1.807, 2.05) is 25.1 Å². The summed E-state index contributed by atoms with van der Waals surface area (Å²) in [4.78, 5) is 17.0. The number of nitrogens with zero attached hydrogens (tertiary/aromatic N) is 1. The molecule has 8 heteroatoms. The van der Waals surface area contributed by atoms with Gasteiger partial charge in [0.15, 0.2) is 15.0 Å². The fraction of sp³-hybridized carbons (Fsp3) is 0.556. The lowest BCUT2D eigenvalue weighted by molar-refractivity contribution is 0.0938. The van der Waals surface area contributed by atoms with Crippen molar-refractivity contribution in [2.45, 2.75) is 49.9 Å². The molecule has 0 spiro atoms. The van der Waals surface area contributed by atoms with E-state index in [1.165, 1.54) is 24.6 Å². The van der Waals surface area contributed by atoms with E-state index >= 15 is 0 Å². The highest BCUT2D eigenvalue weighted by molar-refractivity contribution is 8.15. The molecule has 140 valence electrons. The summed E-state index contributed by atoms with van der Waals surface area (Å²) in [5.41, 5.74) is 2.50. The zero-order valence-corrected chi connectivity index (χ0v) is 16.3. The molecule has 0 unspecified atom stereocenters. The lowest BCUT2D eigenvalue weighted by atomic mass is 10.1. The molecule has 1 aliphatic carbocycles. The summed E-state index contributed by atoms with van der Waals surface area (Å²) in [7, 11) is -2.95. The number of hydrogen-bond acceptors (Lipinski definition) is 6. The molecule has 0 bridgehead atoms. The Hall–Kier alpha value is -1.54. The van der Waals surface area contributed by atoms with Gasteiger partial charge >= 0.3 is 0 Å². The van der Waals surface area contributed by atoms with Crippen LogP contribution in [0.2, 0.25) is 0 Å². The van der Waals surface area contributed by atoms with Crippen molar-refractivity contribution in [2.75, 3.05) is 16.8 Å². The third kappa shape index (κ3) is 3.76. The molecule has 0 radical (unpaired) electrons. The molecule has 2 fully saturated rings. The summed E-state index contributed by atoms with van der Waals surface area (Å²) in [6.45, 7) is 1.98. The van der Waals surface area contributed by atoms with Gasteiger partial charge in [0.2, 0.25) is 0 Å². The highest BCUT2D eigenvalue weighted by Gasteiger charge is 2.42. The number of nitrogens with one attached hydrogen (secondary N) is 2. The van der Waals surface area contributed by atoms with Crippen molar-refractivity contribution in [1.29, 1.82) is 0 Å². The molecule has 2 N–H and O–H groups in total. The Morgan fingerprint density at radius 1 is 1.23 bits per heavy atom. The van der Waals surface area contributed by atoms with Crippen molar-refractivity contribution < 1.29 is 13.2 Å². The number of carbonyl (C=O) groups is 1. The van der Waals surface area contributed by atoms with Crippen LogP contribution in [-0.4, -0.2) is 48.3 Å². The van der Waals surface area contributed by atoms with Crippen molar-refractivity contribution in [2.24, 2.45) is 4.99 Å². The van der Waals surface area contributed by atoms with E-state index in [0.717, 1.165) is 29.3 Å². The number of benzene rings is 1. The number of amidine groups is 1. The maximum absolute atomic E-state index is 12.5. The number of amides is 1. The van der Waals surface area contributed by atoms with Crippen molar-refractivity contribution in [3.63, 3.8) is 0 Å². The second kappa shape index (κ2) is 6.88. The smallest absolute Gasteiger partial charge is 0.251 e. The topological polar surface area (TPSA) is 87.6 Å². The number of thioether (sulfide) groups is 1. The molecular weight excluding hydrogens is 370 g/mol. The lowest BCUT2D eigenvalue weighted by Gasteiger charge is -2.14. The lowest BCUT2D eigenvalue weighted by Crippen LogP contribution is -2.32. The van der Waals surface area contributed by atoms with E-state index in [1.54, 1.807) is 0 Å². The maximum atomic E-state index is 12.5. The Balaban J connectivity index is 1.46. The predicted octanol–water partition coefficient (Wildman–Crippen LogP) is 2.35. The van der Waals surface area contributed by atoms with Gasteiger partial charge in [0, 0.05) is 22.5 Å². The Bertz CT molecular complexity index is 860. The Morgan fingerprint density at radius 2 is 2.00 bits per heavy atom. The zero-order chi connectivity index (χ0) is 18.3. The van der Waals surface area contributed by atoms with Crippen molar-refractivity contribution >= 4 is 38.4 Å². The zero-order valence-electron chi connectivity index (χ0n) is 14.7. The molecule has 26 heavy (non-hydrogen) atoms. The number of fused-ring (bicyclic) bond motifs is 1. The van der Waals surface area contributed by atoms with Crippen molar-refractivity contribution in [3.05, 3.63) is 29.3 Å². The van der Waals surface area contributed by atoms with Crippen LogP contribution < -0.4 is 10.6 Å². The van der Waals surface area contributed by atoms with Gasteiger partial charge in [0.1, 0.15) is 0 Å². The number of hydrogen-bond donors (Lipinski definition) is 2. The van der Waals surface area contributed by atoms with Crippen molar-refractivity contribution in [3.8, 4) is 0 Å². The average Bonchev–Trinajstić information content (AvgIpc) is 3.24. The first-order chi connectivity index (χ1) is 12.4. The fourth-order valence-electron chi connectivity index (χ4n) is 3.77. The molecular formula is C18H23N3O3S2. The number of anilines is 1. The van der Waals surface area contributed by atoms with Crippen LogP contribution >= 0.6 is 11.8 Å². The van der Waals surface area contributed by atoms with Gasteiger partial charge in [-0.25, -0.2) is 8.42 Å². The fourth-order valence-corrected chi connectivity index (χ4v) is 7.44. The SMILES string of the molecule is Cc1ccc(C(=O)NC2CCCC2)cc1NC1=N[C@H]2CS(=O)(=O)C[C@H]2S1. The van der Waals surface area contributed by atoms with E-state index < -0.39 is 9.84 Å². The number of aryl methyl sites for hydroxylation is 1. The van der Waals surface area contributed by atoms with E-state index in [2.05, 4.69) is 15.6 Å². The van der Waals surface area contributed by atoms with Gasteiger partial charge in [0.05, 0.1) is 17.5 Å². The first-order valence-electron chi connectivity index (χ1n) is 9.03. The molecule has 1 saturated heterocycles. The van der Waals surface area contributed by atoms with E-state index in [0.29, 0.717) is 5.56 Å². The van der Waals surface area contributed by atoms with E-state index in [9.17, 15) is 13.2 Å². The Kier molecular flexibility index (Phi) is 4.73. The molecule has 2 aliphatic heterocycles. The molecule has 4 rings (SSSR count). The van der Waals surface area contributed by atoms with Crippen molar-refractivity contribution in [1.82, 2.24) is 5.32 Å². The number of sulfone groups is 1. The van der Waals surface area contributed by atoms with Crippen LogP contribution in [0.1, 0.15) is 41.6 Å². The largest absolute Gasteiger partial charge is 0.349 e. The predicted molar refractivity (Wildman–Crippen MR) is 106 cm³/mol. The second-order valence-electron chi connectivity index (χ2n) is 7.34. The molecule has 6 nitrogen and oxygen atoms in total. The van der Waals surface area contributed by atoms with Gasteiger partial charge in [-0.05, 0) is 37.5 Å². The summed E-state index contributed by atoms with van der Waals surface area (Å²) in [6.07, 6.45) is 4.48. The van der Waals surface area contributed by atoms with E-state index in [4.69, 9.17) is 0 Å². The number of aliphatic imine (C=N–C) groups is 1. The van der Waals surface area contributed by atoms with E-state index in [-0.39, 0.29) is 34.7 Å². The highest BCUT2D eigenvalue weighted by Crippen LogP contribution is 2.35. The minimum Gasteiger partial charge on any atom is -0.349 e. The molecule has 1 aromatic carbocycles. The average molecular weight is 394 g/mol. The number of carbonyl (C=O) groups excluding carboxylic acids is 1. The molecule has 2 heterocycles. The molecule has 1 aromatic rings. The third-order valence-electron chi connectivity index (χ3n) is 5.25. The van der Waals surface area contributed by atoms with Crippen LogP contribution in [0.3, 0.4) is 0 Å². The molecule has 0 aromatic heterocycles. The van der Waals surface area contributed by atoms with Crippen LogP contribution in [0.4, 0.5) is 5.69 Å². The normalized spacial score (nSPS) is 27.2. The highest BCUT2D eigenvalue weighted by atomic mass is 32.2. The van der Waals surface area contributed by atoms with Gasteiger partial charge in [-0.1, -0.05) is 30.7 Å². The maximum Gasteiger partial charge on any atom is 0.251 e. The quantitative estimate of drug-likeness (QED) is 0.823. The summed E-state index contributed by atoms with van der Waals surface area (Å²) >= 11 is 1.49. The molecule has 2 atom stereocenters. The van der Waals surface area contributed by atoms with Gasteiger partial charge in [0.25, 0.3) is 5.91 Å². The Labute approximate surface area is 158 Å². The van der Waals surface area contributed by atoms with Crippen LogP contribution in [0, 0.1) is 6.92 Å². The summed E-state index contributed by atoms with van der Waals surface area (Å²) < 4.78 is 23.4. The van der Waals surface area contributed by atoms with Crippen LogP contribution in [0.5, 0.6) is 0 Å². The van der Waals surface area contributed by atoms with Crippen LogP contribution in [0.15, 0.2) is 23.2 Å². The minimum absolute atomic E-state index is 0.0108. The first kappa shape index (κ1) is 17.9. The summed E-state index contributed by atoms with van der Waals surface area (Å²) in [5.74, 6) is 0.294. The summed E-state index contributed by atoms with van der Waals surface area (Å²) in [6, 6.07) is 5.76. The summed E-state index contributed by atoms with van der Waals surface area (Å²) in [5, 5.41) is 7.15. The molecule has 3 aliphatic rings. The van der Waals surface area contributed by atoms with Gasteiger partial charge in [-0.2, -0.15) is 0 Å². The van der Waals surface area contributed by atoms with Gasteiger partial charge < -0.3 is 10.6 Å². The van der Waals surface area contributed by atoms with Crippen LogP contribution in [0.25, 0.3) is 0 Å². The van der Waals surface area contributed by atoms with Gasteiger partial charge in [-0.3, -0.25) is 9.79 Å². The van der Waals surface area contributed by atoms with Gasteiger partial charge in [-0.15, -0.1) is 0 Å². The minimum atomic E-state index is -2.95. The molecule has 1 amide bonds. The first-order valence-corrected chi connectivity index (χ1v) is 11.7.